The van der Waals surface area contributed by atoms with Crippen molar-refractivity contribution in [3.63, 3.8) is 0 Å². The van der Waals surface area contributed by atoms with E-state index in [4.69, 9.17) is 4.99 Å². The maximum atomic E-state index is 11.6. The summed E-state index contributed by atoms with van der Waals surface area (Å²) in [6, 6.07) is 10.5. The van der Waals surface area contributed by atoms with Crippen LogP contribution in [0.25, 0.3) is 0 Å². The lowest BCUT2D eigenvalue weighted by molar-refractivity contribution is -0.122. The third-order valence-electron chi connectivity index (χ3n) is 5.43. The minimum atomic E-state index is 0.0622. The van der Waals surface area contributed by atoms with E-state index in [9.17, 15) is 4.79 Å². The van der Waals surface area contributed by atoms with Crippen LogP contribution in [0.3, 0.4) is 0 Å². The van der Waals surface area contributed by atoms with E-state index < -0.39 is 0 Å². The van der Waals surface area contributed by atoms with Crippen molar-refractivity contribution in [1.29, 1.82) is 0 Å². The molecule has 0 atom stereocenters. The first kappa shape index (κ1) is 21.8. The van der Waals surface area contributed by atoms with Crippen LogP contribution in [0, 0.1) is 6.92 Å². The van der Waals surface area contributed by atoms with Crippen LogP contribution >= 0.6 is 0 Å². The Balaban J connectivity index is 1.59. The van der Waals surface area contributed by atoms with Crippen molar-refractivity contribution in [2.45, 2.75) is 38.9 Å². The maximum Gasteiger partial charge on any atom is 0.233 e. The number of hydrogen-bond donors (Lipinski definition) is 3. The van der Waals surface area contributed by atoms with E-state index in [0.717, 1.165) is 49.1 Å². The Bertz CT molecular complexity index is 840. The second-order valence-electron chi connectivity index (χ2n) is 7.59. The predicted octanol–water partition coefficient (Wildman–Crippen LogP) is 0.569. The molecule has 9 heteroatoms. The van der Waals surface area contributed by atoms with E-state index in [2.05, 4.69) is 43.2 Å². The number of aromatic nitrogens is 3. The standard InChI is InChI=1S/C21H32N8O/c1-16-26-27-19(28(16)3)14-24-21(23-13-17-7-5-4-6-8-17)25-18-9-11-29(12-10-18)15-20(30)22-2/h4-8,18H,9-15H2,1-3H3,(H,22,30)(H2,23,24,25). The van der Waals surface area contributed by atoms with Gasteiger partial charge in [-0.25, -0.2) is 4.99 Å². The van der Waals surface area contributed by atoms with Crippen LogP contribution in [0.5, 0.6) is 0 Å². The second-order valence-corrected chi connectivity index (χ2v) is 7.59. The summed E-state index contributed by atoms with van der Waals surface area (Å²) in [6.45, 7) is 5.32. The average Bonchev–Trinajstić information content (AvgIpc) is 3.09. The van der Waals surface area contributed by atoms with Gasteiger partial charge < -0.3 is 20.5 Å². The summed E-state index contributed by atoms with van der Waals surface area (Å²) >= 11 is 0. The van der Waals surface area contributed by atoms with E-state index in [1.54, 1.807) is 7.05 Å². The highest BCUT2D eigenvalue weighted by Crippen LogP contribution is 2.10. The number of benzene rings is 1. The molecule has 1 saturated heterocycles. The fourth-order valence-electron chi connectivity index (χ4n) is 3.38. The van der Waals surface area contributed by atoms with E-state index in [1.807, 2.05) is 36.7 Å². The lowest BCUT2D eigenvalue weighted by atomic mass is 10.1. The quantitative estimate of drug-likeness (QED) is 0.454. The molecule has 0 radical (unpaired) electrons. The zero-order chi connectivity index (χ0) is 21.3. The molecule has 1 aliphatic heterocycles. The van der Waals surface area contributed by atoms with Gasteiger partial charge in [0.1, 0.15) is 5.82 Å². The third kappa shape index (κ3) is 6.28. The Kier molecular flexibility index (Phi) is 7.78. The Hall–Kier alpha value is -2.94. The summed E-state index contributed by atoms with van der Waals surface area (Å²) in [7, 11) is 3.64. The van der Waals surface area contributed by atoms with Crippen molar-refractivity contribution in [2.24, 2.45) is 12.0 Å². The monoisotopic (exact) mass is 412 g/mol. The molecule has 1 aromatic heterocycles. The summed E-state index contributed by atoms with van der Waals surface area (Å²) in [5.74, 6) is 2.57. The Morgan fingerprint density at radius 3 is 2.57 bits per heavy atom. The molecule has 1 aromatic carbocycles. The summed E-state index contributed by atoms with van der Waals surface area (Å²) in [6.07, 6.45) is 1.93. The summed E-state index contributed by atoms with van der Waals surface area (Å²) < 4.78 is 1.97. The van der Waals surface area contributed by atoms with E-state index in [-0.39, 0.29) is 5.91 Å². The molecule has 0 bridgehead atoms. The molecule has 2 aromatic rings. The van der Waals surface area contributed by atoms with E-state index in [1.165, 1.54) is 0 Å². The van der Waals surface area contributed by atoms with Gasteiger partial charge in [-0.3, -0.25) is 9.69 Å². The molecule has 0 unspecified atom stereocenters. The molecule has 1 aliphatic rings. The Morgan fingerprint density at radius 2 is 1.93 bits per heavy atom. The fraction of sp³-hybridized carbons (Fsp3) is 0.524. The SMILES string of the molecule is CNC(=O)CN1CCC(NC(=NCc2ccccc2)NCc2nnc(C)n2C)CC1. The molecule has 2 heterocycles. The van der Waals surface area contributed by atoms with Crippen molar-refractivity contribution in [3.8, 4) is 0 Å². The number of likely N-dealkylation sites (tertiary alicyclic amines) is 1. The molecule has 3 N–H and O–H groups in total. The highest BCUT2D eigenvalue weighted by atomic mass is 16.1. The molecule has 162 valence electrons. The normalized spacial score (nSPS) is 15.8. The predicted molar refractivity (Wildman–Crippen MR) is 117 cm³/mol. The molecule has 0 spiro atoms. The molecule has 0 saturated carbocycles. The van der Waals surface area contributed by atoms with Crippen LogP contribution in [0.15, 0.2) is 35.3 Å². The maximum absolute atomic E-state index is 11.6. The van der Waals surface area contributed by atoms with Gasteiger partial charge in [0.2, 0.25) is 5.91 Å². The Morgan fingerprint density at radius 1 is 1.20 bits per heavy atom. The van der Waals surface area contributed by atoms with Crippen LogP contribution in [-0.2, 0) is 24.9 Å². The highest BCUT2D eigenvalue weighted by molar-refractivity contribution is 5.80. The van der Waals surface area contributed by atoms with Crippen molar-refractivity contribution in [3.05, 3.63) is 47.5 Å². The summed E-state index contributed by atoms with van der Waals surface area (Å²) in [5, 5.41) is 18.0. The number of nitrogens with one attached hydrogen (secondary N) is 3. The number of amides is 1. The zero-order valence-electron chi connectivity index (χ0n) is 18.1. The molecule has 30 heavy (non-hydrogen) atoms. The van der Waals surface area contributed by atoms with Gasteiger partial charge in [-0.2, -0.15) is 0 Å². The van der Waals surface area contributed by atoms with Crippen LogP contribution in [-0.4, -0.2) is 64.3 Å². The largest absolute Gasteiger partial charge is 0.358 e. The molecule has 0 aliphatic carbocycles. The number of hydrogen-bond acceptors (Lipinski definition) is 5. The van der Waals surface area contributed by atoms with Crippen molar-refractivity contribution in [2.75, 3.05) is 26.7 Å². The fourth-order valence-corrected chi connectivity index (χ4v) is 3.38. The first-order valence-corrected chi connectivity index (χ1v) is 10.4. The van der Waals surface area contributed by atoms with Gasteiger partial charge in [0, 0.05) is 33.2 Å². The van der Waals surface area contributed by atoms with E-state index >= 15 is 0 Å². The topological polar surface area (TPSA) is 99.5 Å². The smallest absolute Gasteiger partial charge is 0.233 e. The number of carbonyl (C=O) groups excluding carboxylic acids is 1. The third-order valence-corrected chi connectivity index (χ3v) is 5.43. The van der Waals surface area contributed by atoms with Crippen LogP contribution in [0.2, 0.25) is 0 Å². The summed E-state index contributed by atoms with van der Waals surface area (Å²) in [5.41, 5.74) is 1.16. The zero-order valence-corrected chi connectivity index (χ0v) is 18.1. The molecule has 3 rings (SSSR count). The van der Waals surface area contributed by atoms with Gasteiger partial charge in [-0.05, 0) is 25.3 Å². The number of aryl methyl sites for hydroxylation is 1. The number of likely N-dealkylation sites (N-methyl/N-ethyl adjacent to an activating group) is 1. The number of carbonyl (C=O) groups is 1. The van der Waals surface area contributed by atoms with Crippen molar-refractivity contribution in [1.82, 2.24) is 35.6 Å². The summed E-state index contributed by atoms with van der Waals surface area (Å²) in [4.78, 5) is 18.6. The number of rotatable bonds is 7. The number of guanidine groups is 1. The number of nitrogens with zero attached hydrogens (tertiary/aromatic N) is 5. The lowest BCUT2D eigenvalue weighted by Crippen LogP contribution is -2.50. The van der Waals surface area contributed by atoms with Crippen LogP contribution < -0.4 is 16.0 Å². The highest BCUT2D eigenvalue weighted by Gasteiger charge is 2.21. The number of aliphatic imine (C=N–C) groups is 1. The van der Waals surface area contributed by atoms with Gasteiger partial charge in [-0.1, -0.05) is 30.3 Å². The number of piperidine rings is 1. The minimum Gasteiger partial charge on any atom is -0.358 e. The van der Waals surface area contributed by atoms with Crippen molar-refractivity contribution >= 4 is 11.9 Å². The van der Waals surface area contributed by atoms with Crippen LogP contribution in [0.1, 0.15) is 30.1 Å². The first-order valence-electron chi connectivity index (χ1n) is 10.4. The molecular weight excluding hydrogens is 380 g/mol. The lowest BCUT2D eigenvalue weighted by Gasteiger charge is -2.32. The second kappa shape index (κ2) is 10.7. The van der Waals surface area contributed by atoms with E-state index in [0.29, 0.717) is 25.7 Å². The van der Waals surface area contributed by atoms with Crippen LogP contribution in [0.4, 0.5) is 0 Å². The Labute approximate surface area is 178 Å². The van der Waals surface area contributed by atoms with Gasteiger partial charge >= 0.3 is 0 Å². The molecule has 1 fully saturated rings. The average molecular weight is 413 g/mol. The molecule has 9 nitrogen and oxygen atoms in total. The van der Waals surface area contributed by atoms with Gasteiger partial charge in [0.05, 0.1) is 19.6 Å². The van der Waals surface area contributed by atoms with Crippen molar-refractivity contribution < 1.29 is 4.79 Å². The van der Waals surface area contributed by atoms with Gasteiger partial charge in [-0.15, -0.1) is 10.2 Å². The molecule has 1 amide bonds. The first-order chi connectivity index (χ1) is 14.5. The van der Waals surface area contributed by atoms with Gasteiger partial charge in [0.25, 0.3) is 0 Å². The van der Waals surface area contributed by atoms with Gasteiger partial charge in [0.15, 0.2) is 11.8 Å². The minimum absolute atomic E-state index is 0.0622. The molecular formula is C21H32N8O.